The second kappa shape index (κ2) is 18.8. The lowest BCUT2D eigenvalue weighted by molar-refractivity contribution is -0.128. The number of aromatic nitrogens is 1. The number of unbranched alkanes of at least 4 members (excludes halogenated alkanes) is 1. The van der Waals surface area contributed by atoms with Crippen LogP contribution in [0.5, 0.6) is 0 Å². The quantitative estimate of drug-likeness (QED) is 0.0940. The molecule has 1 unspecified atom stereocenters. The van der Waals surface area contributed by atoms with E-state index in [1.165, 1.54) is 11.6 Å². The van der Waals surface area contributed by atoms with Crippen molar-refractivity contribution >= 4 is 46.3 Å². The predicted octanol–water partition coefficient (Wildman–Crippen LogP) is 6.62. The average molecular weight is 745 g/mol. The molecule has 0 radical (unpaired) electrons. The van der Waals surface area contributed by atoms with Crippen LogP contribution in [0.15, 0.2) is 53.3 Å². The Hall–Kier alpha value is -5.07. The number of carbonyl (C=O) groups excluding carboxylic acids is 4. The lowest BCUT2D eigenvalue weighted by Crippen LogP contribution is -2.53. The molecule has 0 bridgehead atoms. The molecule has 1 aliphatic carbocycles. The summed E-state index contributed by atoms with van der Waals surface area (Å²) in [4.78, 5) is 68.1. The third-order valence-corrected chi connectivity index (χ3v) is 10.1. The van der Waals surface area contributed by atoms with Crippen LogP contribution >= 0.6 is 0 Å². The summed E-state index contributed by atoms with van der Waals surface area (Å²) in [7, 11) is 0. The van der Waals surface area contributed by atoms with Crippen LogP contribution in [0.25, 0.3) is 10.9 Å². The molecule has 1 aliphatic heterocycles. The molecular formula is C41H56N6O7. The molecule has 2 aromatic carbocycles. The van der Waals surface area contributed by atoms with Gasteiger partial charge in [0.1, 0.15) is 17.7 Å². The number of para-hydroxylation sites is 1. The zero-order chi connectivity index (χ0) is 38.7. The van der Waals surface area contributed by atoms with E-state index in [1.54, 1.807) is 32.9 Å². The number of carbonyl (C=O) groups is 4. The number of hydrogen-bond acceptors (Lipinski definition) is 8. The highest BCUT2D eigenvalue weighted by atomic mass is 16.6. The van der Waals surface area contributed by atoms with Gasteiger partial charge < -0.3 is 41.0 Å². The molecule has 1 aromatic heterocycles. The SMILES string of the molecule is Cc1cc(=O)[nH]c2cc(NC(=O)[C@H](CCCCNC(=O)OC(C)(C)C)NC(=O)[C@H](CC3CCCCC3)NC(=O)OCCC3CNc4ccccc43)ccc12. The van der Waals surface area contributed by atoms with Gasteiger partial charge in [0.15, 0.2) is 0 Å². The van der Waals surface area contributed by atoms with E-state index in [9.17, 15) is 24.0 Å². The Morgan fingerprint density at radius 1 is 0.907 bits per heavy atom. The molecule has 2 heterocycles. The van der Waals surface area contributed by atoms with Gasteiger partial charge in [0.2, 0.25) is 17.4 Å². The highest BCUT2D eigenvalue weighted by Gasteiger charge is 2.30. The first kappa shape index (κ1) is 40.1. The lowest BCUT2D eigenvalue weighted by Gasteiger charge is -2.28. The molecule has 0 spiro atoms. The van der Waals surface area contributed by atoms with Crippen LogP contribution in [-0.4, -0.2) is 66.4 Å². The zero-order valence-corrected chi connectivity index (χ0v) is 32.0. The Labute approximate surface area is 317 Å². The van der Waals surface area contributed by atoms with Crippen LogP contribution in [0.2, 0.25) is 0 Å². The van der Waals surface area contributed by atoms with E-state index in [2.05, 4.69) is 37.6 Å². The Morgan fingerprint density at radius 2 is 1.69 bits per heavy atom. The third kappa shape index (κ3) is 12.0. The monoisotopic (exact) mass is 744 g/mol. The fraction of sp³-hybridized carbons (Fsp3) is 0.537. The molecule has 0 saturated heterocycles. The van der Waals surface area contributed by atoms with Crippen LogP contribution in [0.3, 0.4) is 0 Å². The Kier molecular flexibility index (Phi) is 14.0. The summed E-state index contributed by atoms with van der Waals surface area (Å²) in [6.07, 6.45) is 6.41. The molecule has 13 heteroatoms. The smallest absolute Gasteiger partial charge is 0.407 e. The van der Waals surface area contributed by atoms with Crippen molar-refractivity contribution in [3.63, 3.8) is 0 Å². The van der Waals surface area contributed by atoms with Crippen molar-refractivity contribution in [3.05, 3.63) is 70.0 Å². The Bertz CT molecular complexity index is 1830. The van der Waals surface area contributed by atoms with Gasteiger partial charge in [0.25, 0.3) is 0 Å². The normalized spacial score (nSPS) is 16.7. The summed E-state index contributed by atoms with van der Waals surface area (Å²) in [5, 5.41) is 15.6. The summed E-state index contributed by atoms with van der Waals surface area (Å²) in [5.41, 5.74) is 3.28. The molecule has 13 nitrogen and oxygen atoms in total. The summed E-state index contributed by atoms with van der Waals surface area (Å²) >= 11 is 0. The van der Waals surface area contributed by atoms with Crippen molar-refractivity contribution in [2.75, 3.05) is 30.3 Å². The number of benzene rings is 2. The van der Waals surface area contributed by atoms with Gasteiger partial charge in [-0.25, -0.2) is 9.59 Å². The number of alkyl carbamates (subject to hydrolysis) is 2. The number of ether oxygens (including phenoxy) is 2. The fourth-order valence-corrected chi connectivity index (χ4v) is 7.34. The average Bonchev–Trinajstić information content (AvgIpc) is 3.53. The highest BCUT2D eigenvalue weighted by molar-refractivity contribution is 5.99. The van der Waals surface area contributed by atoms with Crippen molar-refractivity contribution < 1.29 is 28.7 Å². The van der Waals surface area contributed by atoms with Gasteiger partial charge in [0, 0.05) is 41.8 Å². The number of fused-ring (bicyclic) bond motifs is 2. The molecule has 3 aromatic rings. The summed E-state index contributed by atoms with van der Waals surface area (Å²) in [6.45, 7) is 8.51. The molecule has 3 atom stereocenters. The first-order valence-electron chi connectivity index (χ1n) is 19.3. The van der Waals surface area contributed by atoms with Gasteiger partial charge in [-0.15, -0.1) is 0 Å². The largest absolute Gasteiger partial charge is 0.450 e. The molecule has 4 amide bonds. The van der Waals surface area contributed by atoms with Crippen LogP contribution in [0, 0.1) is 12.8 Å². The van der Waals surface area contributed by atoms with Crippen molar-refractivity contribution in [1.29, 1.82) is 0 Å². The lowest BCUT2D eigenvalue weighted by atomic mass is 9.84. The second-order valence-electron chi connectivity index (χ2n) is 15.6. The van der Waals surface area contributed by atoms with E-state index >= 15 is 0 Å². The first-order chi connectivity index (χ1) is 25.8. The van der Waals surface area contributed by atoms with E-state index in [-0.39, 0.29) is 30.4 Å². The van der Waals surface area contributed by atoms with Crippen LogP contribution in [0.1, 0.15) is 102 Å². The number of hydrogen-bond donors (Lipinski definition) is 6. The Balaban J connectivity index is 1.24. The molecule has 5 rings (SSSR count). The maximum absolute atomic E-state index is 14.0. The maximum Gasteiger partial charge on any atom is 0.407 e. The third-order valence-electron chi connectivity index (χ3n) is 10.1. The fourth-order valence-electron chi connectivity index (χ4n) is 7.34. The van der Waals surface area contributed by atoms with Crippen LogP contribution < -0.4 is 32.1 Å². The van der Waals surface area contributed by atoms with E-state index in [0.29, 0.717) is 43.4 Å². The van der Waals surface area contributed by atoms with Crippen molar-refractivity contribution in [3.8, 4) is 0 Å². The van der Waals surface area contributed by atoms with Crippen LogP contribution in [0.4, 0.5) is 21.0 Å². The number of amides is 4. The number of nitrogens with one attached hydrogen (secondary N) is 6. The second-order valence-corrected chi connectivity index (χ2v) is 15.6. The molecule has 292 valence electrons. The Morgan fingerprint density at radius 3 is 2.46 bits per heavy atom. The van der Waals surface area contributed by atoms with Gasteiger partial charge in [-0.05, 0) is 95.0 Å². The minimum Gasteiger partial charge on any atom is -0.450 e. The van der Waals surface area contributed by atoms with Gasteiger partial charge in [-0.2, -0.15) is 0 Å². The molecule has 1 saturated carbocycles. The maximum atomic E-state index is 14.0. The van der Waals surface area contributed by atoms with Crippen molar-refractivity contribution in [2.24, 2.45) is 5.92 Å². The van der Waals surface area contributed by atoms with Crippen molar-refractivity contribution in [1.82, 2.24) is 20.9 Å². The summed E-state index contributed by atoms with van der Waals surface area (Å²) in [5.74, 6) is -0.426. The minimum absolute atomic E-state index is 0.198. The highest BCUT2D eigenvalue weighted by Crippen LogP contribution is 2.33. The van der Waals surface area contributed by atoms with Gasteiger partial charge >= 0.3 is 12.2 Å². The van der Waals surface area contributed by atoms with E-state index < -0.39 is 41.7 Å². The van der Waals surface area contributed by atoms with E-state index in [0.717, 1.165) is 55.3 Å². The number of anilines is 2. The molecule has 2 aliphatic rings. The van der Waals surface area contributed by atoms with E-state index in [4.69, 9.17) is 9.47 Å². The van der Waals surface area contributed by atoms with Gasteiger partial charge in [-0.1, -0.05) is 56.4 Å². The zero-order valence-electron chi connectivity index (χ0n) is 32.0. The standard InChI is InChI=1S/C41H56N6O7/c1-26-22-36(48)45-34-24-29(17-18-30(26)34)44-37(49)33(16-10-11-20-42-39(51)54-41(2,3)4)46-38(50)35(23-27-12-6-5-7-13-27)47-40(52)53-21-19-28-25-43-32-15-9-8-14-31(28)32/h8-9,14-15,17-18,22,24,27-28,33,35,43H,5-7,10-13,16,19-21,23,25H2,1-4H3,(H,42,51)(H,44,49)(H,45,48)(H,46,50)(H,47,52)/t28?,33-,35-/m0/s1. The summed E-state index contributed by atoms with van der Waals surface area (Å²) < 4.78 is 10.9. The van der Waals surface area contributed by atoms with Crippen molar-refractivity contribution in [2.45, 2.75) is 116 Å². The molecule has 54 heavy (non-hydrogen) atoms. The number of H-pyrrole nitrogens is 1. The molecule has 1 fully saturated rings. The molecule has 6 N–H and O–H groups in total. The predicted molar refractivity (Wildman–Crippen MR) is 210 cm³/mol. The number of rotatable bonds is 15. The number of aromatic amines is 1. The van der Waals surface area contributed by atoms with Gasteiger partial charge in [-0.3, -0.25) is 14.4 Å². The number of pyridine rings is 1. The van der Waals surface area contributed by atoms with Gasteiger partial charge in [0.05, 0.1) is 12.1 Å². The minimum atomic E-state index is -0.951. The first-order valence-corrected chi connectivity index (χ1v) is 19.3. The topological polar surface area (TPSA) is 180 Å². The van der Waals surface area contributed by atoms with E-state index in [1.807, 2.05) is 31.2 Å². The van der Waals surface area contributed by atoms with Crippen LogP contribution in [-0.2, 0) is 19.1 Å². The summed E-state index contributed by atoms with van der Waals surface area (Å²) in [6, 6.07) is 13.0. The number of aryl methyl sites for hydroxylation is 1. The molecular weight excluding hydrogens is 688 g/mol.